The van der Waals surface area contributed by atoms with Gasteiger partial charge in [0.05, 0.1) is 10.9 Å². The maximum atomic E-state index is 15.2. The van der Waals surface area contributed by atoms with Crippen LogP contribution in [-0.2, 0) is 4.74 Å². The highest BCUT2D eigenvalue weighted by Crippen LogP contribution is 2.41. The molecule has 0 spiro atoms. The fourth-order valence-corrected chi connectivity index (χ4v) is 6.75. The lowest BCUT2D eigenvalue weighted by Crippen LogP contribution is -2.60. The minimum absolute atomic E-state index is 0.0474. The number of piperazine rings is 1. The third-order valence-corrected chi connectivity index (χ3v) is 8.47. The van der Waals surface area contributed by atoms with Crippen molar-refractivity contribution in [3.8, 4) is 6.01 Å². The molecule has 0 radical (unpaired) electrons. The lowest BCUT2D eigenvalue weighted by molar-refractivity contribution is 0.0196. The number of aromatic nitrogens is 3. The van der Waals surface area contributed by atoms with Crippen LogP contribution in [0.2, 0.25) is 5.15 Å². The van der Waals surface area contributed by atoms with Crippen LogP contribution in [-0.4, -0.2) is 87.0 Å². The van der Waals surface area contributed by atoms with Crippen LogP contribution in [0.5, 0.6) is 6.01 Å². The zero-order valence-electron chi connectivity index (χ0n) is 22.7. The maximum Gasteiger partial charge on any atom is 0.422 e. The predicted molar refractivity (Wildman–Crippen MR) is 145 cm³/mol. The van der Waals surface area contributed by atoms with E-state index >= 15 is 4.39 Å². The van der Waals surface area contributed by atoms with Crippen LogP contribution in [0.4, 0.5) is 15.0 Å². The first-order valence-electron chi connectivity index (χ1n) is 13.6. The Bertz CT molecular complexity index is 1310. The fourth-order valence-electron chi connectivity index (χ4n) is 6.62. The number of amides is 1. The molecule has 4 aliphatic heterocycles. The molecular formula is C27H35ClFN7O3. The Kier molecular flexibility index (Phi) is 6.59. The number of anilines is 1. The number of hydrazine groups is 1. The van der Waals surface area contributed by atoms with Crippen LogP contribution >= 0.6 is 11.6 Å². The molecule has 1 amide bonds. The minimum atomic E-state index is -0.689. The molecule has 6 rings (SSSR count). The molecule has 2 bridgehead atoms. The Hall–Kier alpha value is -2.76. The summed E-state index contributed by atoms with van der Waals surface area (Å²) in [5.74, 6) is -0.130. The molecule has 4 saturated heterocycles. The van der Waals surface area contributed by atoms with Gasteiger partial charge in [-0.1, -0.05) is 23.8 Å². The number of fused-ring (bicyclic) bond motifs is 4. The first kappa shape index (κ1) is 26.5. The molecule has 1 N–H and O–H groups in total. The van der Waals surface area contributed by atoms with E-state index in [4.69, 9.17) is 26.1 Å². The minimum Gasteiger partial charge on any atom is -0.461 e. The Labute approximate surface area is 232 Å². The summed E-state index contributed by atoms with van der Waals surface area (Å²) in [6.45, 7) is 13.2. The lowest BCUT2D eigenvalue weighted by Gasteiger charge is -2.41. The molecule has 0 saturated carbocycles. The van der Waals surface area contributed by atoms with Crippen molar-refractivity contribution in [2.24, 2.45) is 0 Å². The van der Waals surface area contributed by atoms with Gasteiger partial charge in [-0.25, -0.2) is 19.2 Å². The van der Waals surface area contributed by atoms with E-state index in [0.717, 1.165) is 45.2 Å². The van der Waals surface area contributed by atoms with Crippen LogP contribution in [0.15, 0.2) is 18.3 Å². The summed E-state index contributed by atoms with van der Waals surface area (Å²) in [6.07, 6.45) is 5.88. The number of nitrogens with zero attached hydrogens (tertiary/aromatic N) is 6. The highest BCUT2D eigenvalue weighted by atomic mass is 35.5. The van der Waals surface area contributed by atoms with Gasteiger partial charge in [0.25, 0.3) is 0 Å². The fraction of sp³-hybridized carbons (Fsp3) is 0.630. The summed E-state index contributed by atoms with van der Waals surface area (Å²) in [6, 6.07) is 0.219. The van der Waals surface area contributed by atoms with Crippen LogP contribution < -0.4 is 15.1 Å². The van der Waals surface area contributed by atoms with E-state index in [-0.39, 0.29) is 34.3 Å². The number of halogens is 2. The zero-order chi connectivity index (χ0) is 27.5. The molecule has 6 heterocycles. The van der Waals surface area contributed by atoms with E-state index in [0.29, 0.717) is 30.9 Å². The first-order chi connectivity index (χ1) is 18.5. The van der Waals surface area contributed by atoms with E-state index in [2.05, 4.69) is 31.8 Å². The molecule has 4 aliphatic rings. The second kappa shape index (κ2) is 9.71. The largest absolute Gasteiger partial charge is 0.461 e. The molecule has 2 aromatic rings. The van der Waals surface area contributed by atoms with Crippen molar-refractivity contribution >= 4 is 34.4 Å². The molecule has 3 atom stereocenters. The van der Waals surface area contributed by atoms with Crippen LogP contribution in [0, 0.1) is 5.82 Å². The van der Waals surface area contributed by atoms with Crippen molar-refractivity contribution in [1.29, 1.82) is 0 Å². The standard InChI is InChI=1S/C27H35ClFN7O3/c1-16-10-27(8-5-9-35(27)12-16)15-38-24-31-21-19(11-30-22(28)20(21)29)23(32-24)34-13-17-6-7-18(14-34)36(17)33-25(37)39-26(2,3)4/h11,17-18H,1,5-10,12-15H2,2-4H3,(H,33,37). The number of hydrogen-bond donors (Lipinski definition) is 1. The van der Waals surface area contributed by atoms with Gasteiger partial charge in [0.15, 0.2) is 11.0 Å². The van der Waals surface area contributed by atoms with E-state index < -0.39 is 17.5 Å². The first-order valence-corrected chi connectivity index (χ1v) is 14.0. The van der Waals surface area contributed by atoms with Crippen molar-refractivity contribution in [3.05, 3.63) is 29.3 Å². The molecule has 12 heteroatoms. The van der Waals surface area contributed by atoms with Crippen LogP contribution in [0.3, 0.4) is 0 Å². The van der Waals surface area contributed by atoms with Gasteiger partial charge < -0.3 is 14.4 Å². The SMILES string of the molecule is C=C1CN2CCCC2(COc2nc(N3CC4CCC(C3)N4NC(=O)OC(C)(C)C)c3cnc(Cl)c(F)c3n2)C1. The topological polar surface area (TPSA) is 96.0 Å². The molecule has 0 aliphatic carbocycles. The lowest BCUT2D eigenvalue weighted by atomic mass is 9.94. The monoisotopic (exact) mass is 559 g/mol. The van der Waals surface area contributed by atoms with Gasteiger partial charge in [0.1, 0.15) is 23.5 Å². The Morgan fingerprint density at radius 1 is 1.28 bits per heavy atom. The normalized spacial score (nSPS) is 27.3. The van der Waals surface area contributed by atoms with Crippen LogP contribution in [0.1, 0.15) is 52.9 Å². The smallest absolute Gasteiger partial charge is 0.422 e. The number of carbonyl (C=O) groups is 1. The number of hydrogen-bond acceptors (Lipinski definition) is 9. The number of carbonyl (C=O) groups excluding carboxylic acids is 1. The number of rotatable bonds is 5. The summed E-state index contributed by atoms with van der Waals surface area (Å²) in [4.78, 5) is 30.3. The molecule has 3 unspecified atom stereocenters. The zero-order valence-corrected chi connectivity index (χ0v) is 23.4. The van der Waals surface area contributed by atoms with E-state index in [9.17, 15) is 4.79 Å². The van der Waals surface area contributed by atoms with E-state index in [1.165, 1.54) is 11.8 Å². The molecule has 10 nitrogen and oxygen atoms in total. The Morgan fingerprint density at radius 3 is 2.74 bits per heavy atom. The van der Waals surface area contributed by atoms with Crippen LogP contribution in [0.25, 0.3) is 10.9 Å². The molecule has 4 fully saturated rings. The molecule has 0 aromatic carbocycles. The Morgan fingerprint density at radius 2 is 2.03 bits per heavy atom. The predicted octanol–water partition coefficient (Wildman–Crippen LogP) is 4.08. The second-order valence-electron chi connectivity index (χ2n) is 12.2. The average molecular weight is 560 g/mol. The molecular weight excluding hydrogens is 525 g/mol. The number of pyridine rings is 1. The third-order valence-electron chi connectivity index (χ3n) is 8.21. The van der Waals surface area contributed by atoms with Gasteiger partial charge in [-0.3, -0.25) is 10.3 Å². The summed E-state index contributed by atoms with van der Waals surface area (Å²) in [5.41, 5.74) is 3.54. The summed E-state index contributed by atoms with van der Waals surface area (Å²) in [7, 11) is 0. The molecule has 2 aromatic heterocycles. The van der Waals surface area contributed by atoms with E-state index in [1.54, 1.807) is 0 Å². The highest BCUT2D eigenvalue weighted by molar-refractivity contribution is 6.30. The van der Waals surface area contributed by atoms with Gasteiger partial charge in [0.2, 0.25) is 0 Å². The van der Waals surface area contributed by atoms with Crippen molar-refractivity contribution in [2.75, 3.05) is 37.7 Å². The molecule has 39 heavy (non-hydrogen) atoms. The van der Waals surface area contributed by atoms with Gasteiger partial charge in [0, 0.05) is 37.9 Å². The van der Waals surface area contributed by atoms with Gasteiger partial charge in [-0.05, 0) is 59.4 Å². The average Bonchev–Trinajstić information content (AvgIpc) is 3.44. The van der Waals surface area contributed by atoms with Crippen molar-refractivity contribution < 1.29 is 18.7 Å². The summed E-state index contributed by atoms with van der Waals surface area (Å²) in [5, 5.41) is 2.23. The maximum absolute atomic E-state index is 15.2. The van der Waals surface area contributed by atoms with Gasteiger partial charge in [-0.15, -0.1) is 0 Å². The van der Waals surface area contributed by atoms with Crippen molar-refractivity contribution in [2.45, 2.75) is 76.1 Å². The number of ether oxygens (including phenoxy) is 2. The Balaban J connectivity index is 1.26. The summed E-state index contributed by atoms with van der Waals surface area (Å²) >= 11 is 6.04. The van der Waals surface area contributed by atoms with Gasteiger partial charge >= 0.3 is 12.1 Å². The van der Waals surface area contributed by atoms with E-state index in [1.807, 2.05) is 25.8 Å². The van der Waals surface area contributed by atoms with Gasteiger partial charge in [-0.2, -0.15) is 9.97 Å². The molecule has 210 valence electrons. The van der Waals surface area contributed by atoms with Crippen molar-refractivity contribution in [1.82, 2.24) is 30.3 Å². The summed E-state index contributed by atoms with van der Waals surface area (Å²) < 4.78 is 26.9. The van der Waals surface area contributed by atoms with Crippen molar-refractivity contribution in [3.63, 3.8) is 0 Å². The second-order valence-corrected chi connectivity index (χ2v) is 12.6. The quantitative estimate of drug-likeness (QED) is 0.429. The highest BCUT2D eigenvalue weighted by Gasteiger charge is 2.47. The third kappa shape index (κ3) is 5.00. The number of nitrogens with one attached hydrogen (secondary N) is 1.